The Kier molecular flexibility index (Phi) is 4.46. The predicted octanol–water partition coefficient (Wildman–Crippen LogP) is 4.39. The molecule has 0 amide bonds. The van der Waals surface area contributed by atoms with Crippen LogP contribution in [0.2, 0.25) is 5.02 Å². The number of hydrogen-bond donors (Lipinski definition) is 0. The van der Waals surface area contributed by atoms with E-state index < -0.39 is 0 Å². The first-order valence-corrected chi connectivity index (χ1v) is 6.82. The lowest BCUT2D eigenvalue weighted by Crippen LogP contribution is -2.08. The Hall–Kier alpha value is -1.80. The van der Waals surface area contributed by atoms with Crippen LogP contribution in [-0.4, -0.2) is 12.9 Å². The van der Waals surface area contributed by atoms with E-state index in [4.69, 9.17) is 16.3 Å². The van der Waals surface area contributed by atoms with Crippen LogP contribution in [0.4, 0.5) is 0 Å². The fraction of sp³-hybridized carbons (Fsp3) is 0.235. The Bertz CT molecular complexity index is 627. The van der Waals surface area contributed by atoms with Crippen molar-refractivity contribution in [2.75, 3.05) is 7.11 Å². The van der Waals surface area contributed by atoms with Gasteiger partial charge in [0.15, 0.2) is 5.78 Å². The lowest BCUT2D eigenvalue weighted by molar-refractivity contribution is 0.0991. The maximum absolute atomic E-state index is 12.5. The molecule has 0 N–H and O–H groups in total. The van der Waals surface area contributed by atoms with Gasteiger partial charge in [0.1, 0.15) is 5.75 Å². The van der Waals surface area contributed by atoms with E-state index in [2.05, 4.69) is 0 Å². The van der Waals surface area contributed by atoms with Crippen LogP contribution in [0.25, 0.3) is 0 Å². The van der Waals surface area contributed by atoms with Crippen molar-refractivity contribution < 1.29 is 9.53 Å². The van der Waals surface area contributed by atoms with Crippen LogP contribution < -0.4 is 4.74 Å². The molecular weight excluding hydrogens is 272 g/mol. The van der Waals surface area contributed by atoms with Gasteiger partial charge in [-0.05, 0) is 43.2 Å². The number of Topliss-reactive ketones (excluding diaryl/α,β-unsaturated/α-hetero) is 1. The van der Waals surface area contributed by atoms with Crippen LogP contribution in [0.5, 0.6) is 5.75 Å². The summed E-state index contributed by atoms with van der Waals surface area (Å²) in [5, 5.41) is 0.607. The zero-order valence-corrected chi connectivity index (χ0v) is 12.6. The Morgan fingerprint density at radius 2 is 1.80 bits per heavy atom. The largest absolute Gasteiger partial charge is 0.496 e. The summed E-state index contributed by atoms with van der Waals surface area (Å²) in [6.45, 7) is 3.91. The topological polar surface area (TPSA) is 26.3 Å². The molecule has 0 unspecified atom stereocenters. The van der Waals surface area contributed by atoms with E-state index in [1.165, 1.54) is 0 Å². The molecule has 2 rings (SSSR count). The molecule has 104 valence electrons. The number of halogens is 1. The van der Waals surface area contributed by atoms with Gasteiger partial charge in [-0.1, -0.05) is 29.8 Å². The predicted molar refractivity (Wildman–Crippen MR) is 82.0 cm³/mol. The Morgan fingerprint density at radius 1 is 1.15 bits per heavy atom. The molecule has 3 heteroatoms. The lowest BCUT2D eigenvalue weighted by Gasteiger charge is -2.11. The fourth-order valence-corrected chi connectivity index (χ4v) is 2.60. The van der Waals surface area contributed by atoms with Gasteiger partial charge in [-0.3, -0.25) is 4.79 Å². The minimum atomic E-state index is 0.0844. The second kappa shape index (κ2) is 6.10. The maximum Gasteiger partial charge on any atom is 0.167 e. The molecule has 0 saturated heterocycles. The molecule has 0 bridgehead atoms. The lowest BCUT2D eigenvalue weighted by atomic mass is 9.95. The summed E-state index contributed by atoms with van der Waals surface area (Å²) in [7, 11) is 1.59. The van der Waals surface area contributed by atoms with Gasteiger partial charge in [0.2, 0.25) is 0 Å². The van der Waals surface area contributed by atoms with E-state index in [-0.39, 0.29) is 12.2 Å². The van der Waals surface area contributed by atoms with E-state index >= 15 is 0 Å². The number of methoxy groups -OCH3 is 1. The molecule has 0 radical (unpaired) electrons. The minimum Gasteiger partial charge on any atom is -0.496 e. The van der Waals surface area contributed by atoms with Crippen molar-refractivity contribution >= 4 is 17.4 Å². The smallest absolute Gasteiger partial charge is 0.167 e. The molecule has 0 aliphatic rings. The third kappa shape index (κ3) is 3.02. The molecule has 2 aromatic rings. The monoisotopic (exact) mass is 288 g/mol. The standard InChI is InChI=1S/C17H17ClO2/c1-11-5-4-6-12(2)17(11)15(19)10-13-9-14(18)7-8-16(13)20-3/h4-9H,10H2,1-3H3. The van der Waals surface area contributed by atoms with E-state index in [1.54, 1.807) is 25.3 Å². The molecule has 2 aromatic carbocycles. The highest BCUT2D eigenvalue weighted by Crippen LogP contribution is 2.25. The van der Waals surface area contributed by atoms with Gasteiger partial charge in [-0.2, -0.15) is 0 Å². The van der Waals surface area contributed by atoms with Crippen molar-refractivity contribution in [2.45, 2.75) is 20.3 Å². The number of ether oxygens (including phenoxy) is 1. The molecule has 0 spiro atoms. The zero-order chi connectivity index (χ0) is 14.7. The number of carbonyl (C=O) groups excluding carboxylic acids is 1. The molecule has 0 saturated carbocycles. The van der Waals surface area contributed by atoms with Crippen LogP contribution >= 0.6 is 11.6 Å². The van der Waals surface area contributed by atoms with Gasteiger partial charge in [0, 0.05) is 22.6 Å². The highest BCUT2D eigenvalue weighted by Gasteiger charge is 2.15. The second-order valence-corrected chi connectivity index (χ2v) is 5.26. The number of hydrogen-bond acceptors (Lipinski definition) is 2. The van der Waals surface area contributed by atoms with E-state index in [0.29, 0.717) is 10.8 Å². The third-order valence-corrected chi connectivity index (χ3v) is 3.59. The summed E-state index contributed by atoms with van der Waals surface area (Å²) in [4.78, 5) is 12.5. The zero-order valence-electron chi connectivity index (χ0n) is 11.9. The average Bonchev–Trinajstić information content (AvgIpc) is 2.38. The minimum absolute atomic E-state index is 0.0844. The Morgan fingerprint density at radius 3 is 2.40 bits per heavy atom. The number of ketones is 1. The Labute approximate surface area is 124 Å². The van der Waals surface area contributed by atoms with Crippen molar-refractivity contribution in [1.82, 2.24) is 0 Å². The van der Waals surface area contributed by atoms with Gasteiger partial charge in [-0.25, -0.2) is 0 Å². The van der Waals surface area contributed by atoms with Crippen LogP contribution in [0.15, 0.2) is 36.4 Å². The maximum atomic E-state index is 12.5. The van der Waals surface area contributed by atoms with Crippen LogP contribution in [0, 0.1) is 13.8 Å². The van der Waals surface area contributed by atoms with Crippen molar-refractivity contribution in [1.29, 1.82) is 0 Å². The molecule has 0 aliphatic heterocycles. The first kappa shape index (κ1) is 14.6. The molecule has 2 nitrogen and oxygen atoms in total. The van der Waals surface area contributed by atoms with Crippen LogP contribution in [0.1, 0.15) is 27.0 Å². The van der Waals surface area contributed by atoms with Crippen molar-refractivity contribution in [3.63, 3.8) is 0 Å². The van der Waals surface area contributed by atoms with Crippen molar-refractivity contribution in [3.8, 4) is 5.75 Å². The molecule has 0 aromatic heterocycles. The van der Waals surface area contributed by atoms with E-state index in [0.717, 1.165) is 22.3 Å². The molecule has 0 atom stereocenters. The summed E-state index contributed by atoms with van der Waals surface area (Å²) >= 11 is 6.00. The molecule has 20 heavy (non-hydrogen) atoms. The molecular formula is C17H17ClO2. The molecule has 0 fully saturated rings. The SMILES string of the molecule is COc1ccc(Cl)cc1CC(=O)c1c(C)cccc1C. The second-order valence-electron chi connectivity index (χ2n) is 4.82. The van der Waals surface area contributed by atoms with Gasteiger partial charge in [0.05, 0.1) is 7.11 Å². The van der Waals surface area contributed by atoms with Gasteiger partial charge in [0.25, 0.3) is 0 Å². The third-order valence-electron chi connectivity index (χ3n) is 3.35. The first-order valence-electron chi connectivity index (χ1n) is 6.44. The average molecular weight is 289 g/mol. The van der Waals surface area contributed by atoms with Gasteiger partial charge in [-0.15, -0.1) is 0 Å². The van der Waals surface area contributed by atoms with Gasteiger partial charge < -0.3 is 4.74 Å². The molecule has 0 aliphatic carbocycles. The van der Waals surface area contributed by atoms with Crippen LogP contribution in [-0.2, 0) is 6.42 Å². The van der Waals surface area contributed by atoms with Crippen molar-refractivity contribution in [3.05, 3.63) is 63.7 Å². The summed E-state index contributed by atoms with van der Waals surface area (Å²) < 4.78 is 5.29. The fourth-order valence-electron chi connectivity index (χ4n) is 2.40. The number of carbonyl (C=O) groups is 1. The normalized spacial score (nSPS) is 10.4. The number of rotatable bonds is 4. The first-order chi connectivity index (χ1) is 9.52. The summed E-state index contributed by atoms with van der Waals surface area (Å²) in [6.07, 6.45) is 0.287. The summed E-state index contributed by atoms with van der Waals surface area (Å²) in [5.74, 6) is 0.773. The number of aryl methyl sites for hydroxylation is 2. The van der Waals surface area contributed by atoms with Crippen molar-refractivity contribution in [2.24, 2.45) is 0 Å². The summed E-state index contributed by atoms with van der Waals surface area (Å²) in [6, 6.07) is 11.2. The van der Waals surface area contributed by atoms with E-state index in [9.17, 15) is 4.79 Å². The molecule has 0 heterocycles. The van der Waals surface area contributed by atoms with E-state index in [1.807, 2.05) is 32.0 Å². The number of benzene rings is 2. The Balaban J connectivity index is 2.35. The highest BCUT2D eigenvalue weighted by molar-refractivity contribution is 6.30. The quantitative estimate of drug-likeness (QED) is 0.780. The van der Waals surface area contributed by atoms with Gasteiger partial charge >= 0.3 is 0 Å². The highest BCUT2D eigenvalue weighted by atomic mass is 35.5. The summed E-state index contributed by atoms with van der Waals surface area (Å²) in [5.41, 5.74) is 3.59. The van der Waals surface area contributed by atoms with Crippen LogP contribution in [0.3, 0.4) is 0 Å².